The summed E-state index contributed by atoms with van der Waals surface area (Å²) < 4.78 is 13.8. The van der Waals surface area contributed by atoms with Crippen LogP contribution in [-0.4, -0.2) is 16.2 Å². The van der Waals surface area contributed by atoms with E-state index in [0.29, 0.717) is 15.3 Å². The number of hydrogen-bond donors (Lipinski definition) is 1. The van der Waals surface area contributed by atoms with E-state index in [1.54, 1.807) is 0 Å². The first kappa shape index (κ1) is 17.2. The number of carbonyl (C=O) groups is 2. The van der Waals surface area contributed by atoms with Crippen molar-refractivity contribution in [3.05, 3.63) is 28.0 Å². The minimum atomic E-state index is -1.35. The Kier molecular flexibility index (Phi) is 6.20. The van der Waals surface area contributed by atoms with Crippen LogP contribution in [0.2, 0.25) is 0 Å². The van der Waals surface area contributed by atoms with Crippen molar-refractivity contribution in [3.8, 4) is 0 Å². The highest BCUT2D eigenvalue weighted by Gasteiger charge is 2.20. The predicted octanol–water partition coefficient (Wildman–Crippen LogP) is 4.59. The molecule has 0 aromatic heterocycles. The molecule has 1 unspecified atom stereocenters. The summed E-state index contributed by atoms with van der Waals surface area (Å²) in [4.78, 5) is 23.4. The Bertz CT molecular complexity index is 531. The summed E-state index contributed by atoms with van der Waals surface area (Å²) in [5.74, 6) is -1.90. The van der Waals surface area contributed by atoms with Crippen LogP contribution in [-0.2, 0) is 4.79 Å². The highest BCUT2D eigenvalue weighted by molar-refractivity contribution is 9.10. The van der Waals surface area contributed by atoms with E-state index in [1.165, 1.54) is 6.07 Å². The molecular formula is C14H16BrFO3S. The van der Waals surface area contributed by atoms with Crippen LogP contribution in [0.4, 0.5) is 4.39 Å². The van der Waals surface area contributed by atoms with Crippen LogP contribution in [0.1, 0.15) is 37.6 Å². The van der Waals surface area contributed by atoms with Crippen LogP contribution in [0.25, 0.3) is 0 Å². The smallest absolute Gasteiger partial charge is 0.338 e. The maximum Gasteiger partial charge on any atom is 0.338 e. The number of carboxylic acids is 1. The van der Waals surface area contributed by atoms with Gasteiger partial charge in [-0.15, -0.1) is 0 Å². The second kappa shape index (κ2) is 7.22. The van der Waals surface area contributed by atoms with E-state index < -0.39 is 17.3 Å². The van der Waals surface area contributed by atoms with Crippen molar-refractivity contribution in [2.75, 3.05) is 0 Å². The normalized spacial score (nSPS) is 12.5. The van der Waals surface area contributed by atoms with Crippen LogP contribution in [0.15, 0.2) is 21.5 Å². The summed E-state index contributed by atoms with van der Waals surface area (Å²) in [5.41, 5.74) is -0.431. The van der Waals surface area contributed by atoms with Gasteiger partial charge in [0.25, 0.3) is 0 Å². The molecule has 0 saturated heterocycles. The number of rotatable bonds is 5. The minimum absolute atomic E-state index is 0.0534. The van der Waals surface area contributed by atoms with Crippen molar-refractivity contribution in [1.82, 2.24) is 0 Å². The van der Waals surface area contributed by atoms with Crippen LogP contribution in [0.3, 0.4) is 0 Å². The first-order valence-corrected chi connectivity index (χ1v) is 7.77. The van der Waals surface area contributed by atoms with E-state index in [1.807, 2.05) is 20.8 Å². The zero-order valence-electron chi connectivity index (χ0n) is 11.4. The molecule has 110 valence electrons. The van der Waals surface area contributed by atoms with E-state index in [4.69, 9.17) is 5.11 Å². The van der Waals surface area contributed by atoms with Gasteiger partial charge >= 0.3 is 5.97 Å². The third-order valence-electron chi connectivity index (χ3n) is 2.69. The highest BCUT2D eigenvalue weighted by atomic mass is 79.9. The summed E-state index contributed by atoms with van der Waals surface area (Å²) in [6.45, 7) is 5.90. The second-order valence-electron chi connectivity index (χ2n) is 5.02. The second-order valence-corrected chi connectivity index (χ2v) is 6.92. The zero-order chi connectivity index (χ0) is 15.4. The topological polar surface area (TPSA) is 54.4 Å². The molecule has 0 spiro atoms. The van der Waals surface area contributed by atoms with Crippen molar-refractivity contribution in [1.29, 1.82) is 0 Å². The van der Waals surface area contributed by atoms with Crippen LogP contribution in [0.5, 0.6) is 0 Å². The van der Waals surface area contributed by atoms with Crippen molar-refractivity contribution < 1.29 is 19.1 Å². The predicted molar refractivity (Wildman–Crippen MR) is 80.5 cm³/mol. The zero-order valence-corrected chi connectivity index (χ0v) is 13.8. The summed E-state index contributed by atoms with van der Waals surface area (Å²) in [6, 6.07) is 2.26. The average Bonchev–Trinajstić information content (AvgIpc) is 2.30. The van der Waals surface area contributed by atoms with Crippen molar-refractivity contribution in [2.24, 2.45) is 11.8 Å². The van der Waals surface area contributed by atoms with Crippen LogP contribution in [0, 0.1) is 17.7 Å². The van der Waals surface area contributed by atoms with Gasteiger partial charge in [0.15, 0.2) is 5.12 Å². The molecule has 1 rings (SSSR count). The van der Waals surface area contributed by atoms with Gasteiger partial charge in [-0.2, -0.15) is 0 Å². The largest absolute Gasteiger partial charge is 0.478 e. The molecule has 3 nitrogen and oxygen atoms in total. The van der Waals surface area contributed by atoms with E-state index in [-0.39, 0.29) is 11.0 Å². The van der Waals surface area contributed by atoms with Crippen LogP contribution >= 0.6 is 27.7 Å². The number of thioether (sulfide) groups is 1. The van der Waals surface area contributed by atoms with E-state index in [9.17, 15) is 14.0 Å². The van der Waals surface area contributed by atoms with Crippen LogP contribution < -0.4 is 0 Å². The molecule has 0 aliphatic carbocycles. The lowest BCUT2D eigenvalue weighted by Crippen LogP contribution is -2.10. The number of aromatic carboxylic acids is 1. The average molecular weight is 363 g/mol. The summed E-state index contributed by atoms with van der Waals surface area (Å²) in [5, 5.41) is 8.84. The molecule has 0 aliphatic heterocycles. The Morgan fingerprint density at radius 1 is 1.35 bits per heavy atom. The fraction of sp³-hybridized carbons (Fsp3) is 0.429. The van der Waals surface area contributed by atoms with Crippen molar-refractivity contribution in [2.45, 2.75) is 32.1 Å². The van der Waals surface area contributed by atoms with Gasteiger partial charge in [0.2, 0.25) is 0 Å². The van der Waals surface area contributed by atoms with Gasteiger partial charge in [-0.1, -0.05) is 32.5 Å². The number of hydrogen-bond acceptors (Lipinski definition) is 3. The van der Waals surface area contributed by atoms with E-state index in [0.717, 1.165) is 24.2 Å². The maximum atomic E-state index is 13.4. The van der Waals surface area contributed by atoms with Gasteiger partial charge in [0.05, 0.1) is 5.56 Å². The molecule has 1 aromatic rings. The van der Waals surface area contributed by atoms with E-state index in [2.05, 4.69) is 15.9 Å². The number of carbonyl (C=O) groups excluding carboxylic acids is 1. The number of benzene rings is 1. The number of halogens is 2. The van der Waals surface area contributed by atoms with Gasteiger partial charge in [-0.3, -0.25) is 4.79 Å². The lowest BCUT2D eigenvalue weighted by atomic mass is 10.0. The lowest BCUT2D eigenvalue weighted by molar-refractivity contribution is -0.114. The number of carboxylic acid groups (broad SMARTS) is 1. The van der Waals surface area contributed by atoms with E-state index >= 15 is 0 Å². The third-order valence-corrected chi connectivity index (χ3v) is 4.77. The van der Waals surface area contributed by atoms with Gasteiger partial charge < -0.3 is 5.11 Å². The molecule has 1 N–H and O–H groups in total. The Balaban J connectivity index is 2.95. The third kappa shape index (κ3) is 4.59. The van der Waals surface area contributed by atoms with Crippen molar-refractivity contribution in [3.63, 3.8) is 0 Å². The molecule has 0 saturated carbocycles. The van der Waals surface area contributed by atoms with Gasteiger partial charge in [0.1, 0.15) is 5.82 Å². The summed E-state index contributed by atoms with van der Waals surface area (Å²) >= 11 is 4.10. The molecule has 1 aromatic carbocycles. The Hall–Kier alpha value is -0.880. The Morgan fingerprint density at radius 3 is 2.45 bits per heavy atom. The first-order valence-electron chi connectivity index (χ1n) is 6.16. The Labute approximate surface area is 130 Å². The molecular weight excluding hydrogens is 347 g/mol. The lowest BCUT2D eigenvalue weighted by Gasteiger charge is -2.13. The summed E-state index contributed by atoms with van der Waals surface area (Å²) in [7, 11) is 0. The molecule has 0 heterocycles. The fourth-order valence-electron chi connectivity index (χ4n) is 1.78. The standard InChI is InChI=1S/C14H16BrFO3S/c1-7(2)4-8(3)14(19)20-12-5-9(13(17)18)11(16)6-10(12)15/h5-8H,4H2,1-3H3,(H,17,18). The SMILES string of the molecule is CC(C)CC(C)C(=O)Sc1cc(C(=O)O)c(F)cc1Br. The molecule has 0 aliphatic rings. The highest BCUT2D eigenvalue weighted by Crippen LogP contribution is 2.33. The summed E-state index contributed by atoms with van der Waals surface area (Å²) in [6.07, 6.45) is 0.760. The molecule has 0 bridgehead atoms. The molecule has 6 heteroatoms. The molecule has 0 radical (unpaired) electrons. The van der Waals surface area contributed by atoms with Crippen molar-refractivity contribution >= 4 is 38.8 Å². The van der Waals surface area contributed by atoms with Gasteiger partial charge in [0, 0.05) is 15.3 Å². The maximum absolute atomic E-state index is 13.4. The Morgan fingerprint density at radius 2 is 1.95 bits per heavy atom. The minimum Gasteiger partial charge on any atom is -0.478 e. The molecule has 20 heavy (non-hydrogen) atoms. The first-order chi connectivity index (χ1) is 9.22. The molecule has 1 atom stereocenters. The molecule has 0 amide bonds. The quantitative estimate of drug-likeness (QED) is 0.778. The monoisotopic (exact) mass is 362 g/mol. The van der Waals surface area contributed by atoms with Gasteiger partial charge in [-0.25, -0.2) is 9.18 Å². The van der Waals surface area contributed by atoms with Gasteiger partial charge in [-0.05, 0) is 40.4 Å². The molecule has 0 fully saturated rings. The fourth-order valence-corrected chi connectivity index (χ4v) is 3.19.